The molecule has 0 bridgehead atoms. The van der Waals surface area contributed by atoms with Crippen molar-refractivity contribution in [3.8, 4) is 0 Å². The predicted octanol–water partition coefficient (Wildman–Crippen LogP) is 5.46. The highest BCUT2D eigenvalue weighted by atomic mass is 79.9. The number of thiophene rings is 1. The summed E-state index contributed by atoms with van der Waals surface area (Å²) in [5, 5.41) is 0. The Morgan fingerprint density at radius 2 is 1.88 bits per heavy atom. The smallest absolute Gasteiger partial charge is 0.169 e. The van der Waals surface area contributed by atoms with E-state index >= 15 is 0 Å². The molecule has 0 spiro atoms. The quantitative estimate of drug-likeness (QED) is 0.581. The molecular weight excluding hydrogens is 432 g/mol. The van der Waals surface area contributed by atoms with Gasteiger partial charge in [-0.15, -0.1) is 11.3 Å². The first-order valence-electron chi connectivity index (χ1n) is 4.79. The highest BCUT2D eigenvalue weighted by Gasteiger charge is 2.15. The van der Waals surface area contributed by atoms with Gasteiger partial charge in [-0.1, -0.05) is 34.1 Å². The first-order valence-corrected chi connectivity index (χ1v) is 7.99. The monoisotopic (exact) mass is 436 g/mol. The number of carbonyl (C=O) groups is 1. The second-order valence-corrected chi connectivity index (χ2v) is 8.03. The molecule has 5 heteroatoms. The van der Waals surface area contributed by atoms with Gasteiger partial charge in [-0.3, -0.25) is 4.79 Å². The summed E-state index contributed by atoms with van der Waals surface area (Å²) in [5.74, 6) is 0.116. The number of Topliss-reactive ketones (excluding diaryl/α,β-unsaturated/α-hetero) is 1. The molecule has 0 saturated heterocycles. The van der Waals surface area contributed by atoms with Crippen LogP contribution in [0, 0.1) is 0 Å². The van der Waals surface area contributed by atoms with Crippen molar-refractivity contribution in [1.82, 2.24) is 0 Å². The molecule has 0 N–H and O–H groups in total. The maximum Gasteiger partial charge on any atom is 0.169 e. The van der Waals surface area contributed by atoms with Crippen LogP contribution in [0.5, 0.6) is 0 Å². The number of hydrogen-bond acceptors (Lipinski definition) is 2. The van der Waals surface area contributed by atoms with Crippen LogP contribution in [0.3, 0.4) is 0 Å². The normalized spacial score (nSPS) is 10.5. The Morgan fingerprint density at radius 1 is 1.18 bits per heavy atom. The van der Waals surface area contributed by atoms with Crippen molar-refractivity contribution in [3.63, 3.8) is 0 Å². The lowest BCUT2D eigenvalue weighted by atomic mass is 10.1. The Balaban J connectivity index is 2.23. The number of rotatable bonds is 3. The zero-order valence-electron chi connectivity index (χ0n) is 8.54. The second kappa shape index (κ2) is 5.78. The van der Waals surface area contributed by atoms with E-state index in [4.69, 9.17) is 0 Å². The van der Waals surface area contributed by atoms with E-state index < -0.39 is 0 Å². The number of benzene rings is 1. The molecule has 0 fully saturated rings. The molecule has 0 atom stereocenters. The summed E-state index contributed by atoms with van der Waals surface area (Å²) in [6, 6.07) is 9.63. The summed E-state index contributed by atoms with van der Waals surface area (Å²) in [6.07, 6.45) is 0.406. The zero-order chi connectivity index (χ0) is 12.4. The molecule has 2 aromatic rings. The van der Waals surface area contributed by atoms with Gasteiger partial charge in [-0.2, -0.15) is 0 Å². The molecule has 0 amide bonds. The standard InChI is InChI=1S/C12H7Br3OS/c13-9-4-2-1-3-7(9)5-10(16)8-6-11(14)17-12(8)15/h1-4,6H,5H2. The minimum Gasteiger partial charge on any atom is -0.294 e. The number of ketones is 1. The molecule has 0 aliphatic rings. The van der Waals surface area contributed by atoms with E-state index in [1.165, 1.54) is 11.3 Å². The summed E-state index contributed by atoms with van der Waals surface area (Å²) in [5.41, 5.74) is 1.74. The molecule has 88 valence electrons. The Kier molecular flexibility index (Phi) is 4.58. The largest absolute Gasteiger partial charge is 0.294 e. The highest BCUT2D eigenvalue weighted by molar-refractivity contribution is 9.12. The Hall–Kier alpha value is 0.0300. The SMILES string of the molecule is O=C(Cc1ccccc1Br)c1cc(Br)sc1Br. The van der Waals surface area contributed by atoms with Crippen molar-refractivity contribution < 1.29 is 4.79 Å². The van der Waals surface area contributed by atoms with Gasteiger partial charge in [-0.25, -0.2) is 0 Å². The van der Waals surface area contributed by atoms with Gasteiger partial charge in [-0.05, 0) is 49.6 Å². The van der Waals surface area contributed by atoms with Crippen LogP contribution < -0.4 is 0 Å². The van der Waals surface area contributed by atoms with Crippen LogP contribution in [0.4, 0.5) is 0 Å². The van der Waals surface area contributed by atoms with E-state index in [1.807, 2.05) is 30.3 Å². The molecular formula is C12H7Br3OS. The maximum atomic E-state index is 12.1. The maximum absolute atomic E-state index is 12.1. The van der Waals surface area contributed by atoms with E-state index in [2.05, 4.69) is 47.8 Å². The van der Waals surface area contributed by atoms with Crippen LogP contribution in [-0.4, -0.2) is 5.78 Å². The lowest BCUT2D eigenvalue weighted by Gasteiger charge is -2.02. The highest BCUT2D eigenvalue weighted by Crippen LogP contribution is 2.33. The fourth-order valence-corrected chi connectivity index (χ4v) is 4.72. The van der Waals surface area contributed by atoms with Crippen LogP contribution in [0.1, 0.15) is 15.9 Å². The molecule has 0 saturated carbocycles. The second-order valence-electron chi connectivity index (χ2n) is 3.43. The first kappa shape index (κ1) is 13.5. The molecule has 1 aromatic heterocycles. The predicted molar refractivity (Wildman–Crippen MR) is 81.9 cm³/mol. The van der Waals surface area contributed by atoms with Gasteiger partial charge >= 0.3 is 0 Å². The Morgan fingerprint density at radius 3 is 2.47 bits per heavy atom. The summed E-state index contributed by atoms with van der Waals surface area (Å²) in [4.78, 5) is 12.1. The molecule has 17 heavy (non-hydrogen) atoms. The van der Waals surface area contributed by atoms with Gasteiger partial charge in [0, 0.05) is 16.5 Å². The number of hydrogen-bond donors (Lipinski definition) is 0. The minimum absolute atomic E-state index is 0.116. The molecule has 0 aliphatic heterocycles. The average molecular weight is 439 g/mol. The molecule has 0 unspecified atom stereocenters. The molecule has 1 nitrogen and oxygen atoms in total. The third-order valence-corrected chi connectivity index (χ3v) is 5.38. The molecule has 0 radical (unpaired) electrons. The molecule has 0 aliphatic carbocycles. The number of carbonyl (C=O) groups excluding carboxylic acids is 1. The van der Waals surface area contributed by atoms with E-state index in [9.17, 15) is 4.79 Å². The summed E-state index contributed by atoms with van der Waals surface area (Å²) in [6.45, 7) is 0. The Labute approximate surface area is 129 Å². The van der Waals surface area contributed by atoms with Gasteiger partial charge in [0.05, 0.1) is 7.57 Å². The fraction of sp³-hybridized carbons (Fsp3) is 0.0833. The fourth-order valence-electron chi connectivity index (χ4n) is 1.44. The van der Waals surface area contributed by atoms with E-state index in [0.717, 1.165) is 23.2 Å². The first-order chi connectivity index (χ1) is 8.08. The summed E-state index contributed by atoms with van der Waals surface area (Å²) >= 11 is 11.7. The van der Waals surface area contributed by atoms with Gasteiger partial charge in [0.15, 0.2) is 5.78 Å². The summed E-state index contributed by atoms with van der Waals surface area (Å²) < 4.78 is 2.81. The number of halogens is 3. The Bertz CT molecular complexity index is 563. The van der Waals surface area contributed by atoms with Crippen molar-refractivity contribution in [3.05, 3.63) is 53.5 Å². The van der Waals surface area contributed by atoms with Crippen LogP contribution in [0.25, 0.3) is 0 Å². The van der Waals surface area contributed by atoms with Gasteiger partial charge < -0.3 is 0 Å². The van der Waals surface area contributed by atoms with Gasteiger partial charge in [0.2, 0.25) is 0 Å². The van der Waals surface area contributed by atoms with Crippen molar-refractivity contribution in [2.75, 3.05) is 0 Å². The third kappa shape index (κ3) is 3.28. The molecule has 1 aromatic carbocycles. The zero-order valence-corrected chi connectivity index (χ0v) is 14.1. The van der Waals surface area contributed by atoms with Crippen molar-refractivity contribution in [2.24, 2.45) is 0 Å². The van der Waals surface area contributed by atoms with E-state index in [0.29, 0.717) is 6.42 Å². The van der Waals surface area contributed by atoms with E-state index in [1.54, 1.807) is 0 Å². The van der Waals surface area contributed by atoms with E-state index in [-0.39, 0.29) is 5.78 Å². The molecule has 1 heterocycles. The lowest BCUT2D eigenvalue weighted by Crippen LogP contribution is -2.03. The van der Waals surface area contributed by atoms with Crippen molar-refractivity contribution >= 4 is 64.9 Å². The third-order valence-electron chi connectivity index (χ3n) is 2.27. The van der Waals surface area contributed by atoms with Crippen molar-refractivity contribution in [2.45, 2.75) is 6.42 Å². The van der Waals surface area contributed by atoms with Crippen LogP contribution >= 0.6 is 59.1 Å². The van der Waals surface area contributed by atoms with Gasteiger partial charge in [0.1, 0.15) is 0 Å². The topological polar surface area (TPSA) is 17.1 Å². The lowest BCUT2D eigenvalue weighted by molar-refractivity contribution is 0.0992. The minimum atomic E-state index is 0.116. The van der Waals surface area contributed by atoms with Crippen LogP contribution in [0.2, 0.25) is 0 Å². The summed E-state index contributed by atoms with van der Waals surface area (Å²) in [7, 11) is 0. The van der Waals surface area contributed by atoms with Crippen LogP contribution in [0.15, 0.2) is 42.4 Å². The van der Waals surface area contributed by atoms with Gasteiger partial charge in [0.25, 0.3) is 0 Å². The van der Waals surface area contributed by atoms with Crippen molar-refractivity contribution in [1.29, 1.82) is 0 Å². The molecule has 2 rings (SSSR count). The average Bonchev–Trinajstić information content (AvgIpc) is 2.61. The van der Waals surface area contributed by atoms with Crippen LogP contribution in [-0.2, 0) is 6.42 Å².